The zero-order valence-electron chi connectivity index (χ0n) is 10.5. The number of aryl methyl sites for hydroxylation is 1. The van der Waals surface area contributed by atoms with Crippen LogP contribution in [0.25, 0.3) is 0 Å². The fourth-order valence-corrected chi connectivity index (χ4v) is 3.45. The normalized spacial score (nSPS) is 18.8. The van der Waals surface area contributed by atoms with Gasteiger partial charge < -0.3 is 9.84 Å². The van der Waals surface area contributed by atoms with Crippen molar-refractivity contribution < 1.29 is 4.52 Å². The number of nitrogens with zero attached hydrogens (tertiary/aromatic N) is 2. The summed E-state index contributed by atoms with van der Waals surface area (Å²) < 4.78 is 5.43. The molecule has 1 unspecified atom stereocenters. The molecule has 1 aliphatic carbocycles. The second kappa shape index (κ2) is 5.20. The summed E-state index contributed by atoms with van der Waals surface area (Å²) in [4.78, 5) is 6.00. The lowest BCUT2D eigenvalue weighted by molar-refractivity contribution is 0.350. The molecule has 2 heterocycles. The summed E-state index contributed by atoms with van der Waals surface area (Å²) in [7, 11) is 0. The molecule has 5 heteroatoms. The lowest BCUT2D eigenvalue weighted by Gasteiger charge is -2.18. The summed E-state index contributed by atoms with van der Waals surface area (Å²) >= 11 is 1.84. The smallest absolute Gasteiger partial charge is 0.234 e. The van der Waals surface area contributed by atoms with Crippen LogP contribution in [0.5, 0.6) is 0 Å². The van der Waals surface area contributed by atoms with Gasteiger partial charge in [0.2, 0.25) is 5.89 Å². The number of aromatic nitrogens is 2. The molecule has 0 radical (unpaired) electrons. The molecule has 2 aromatic heterocycles. The van der Waals surface area contributed by atoms with Crippen LogP contribution < -0.4 is 5.32 Å². The van der Waals surface area contributed by atoms with Crippen LogP contribution in [0.4, 0.5) is 0 Å². The Balaban J connectivity index is 1.82. The molecular formula is C13H17N3OS. The molecule has 1 aliphatic rings. The minimum Gasteiger partial charge on any atom is -0.339 e. The molecular weight excluding hydrogens is 246 g/mol. The maximum Gasteiger partial charge on any atom is 0.234 e. The molecule has 18 heavy (non-hydrogen) atoms. The first-order valence-electron chi connectivity index (χ1n) is 6.48. The highest BCUT2D eigenvalue weighted by Crippen LogP contribution is 2.38. The first-order chi connectivity index (χ1) is 8.88. The fourth-order valence-electron chi connectivity index (χ4n) is 2.46. The third kappa shape index (κ3) is 2.20. The van der Waals surface area contributed by atoms with Crippen LogP contribution in [-0.4, -0.2) is 16.7 Å². The van der Waals surface area contributed by atoms with Crippen LogP contribution in [-0.2, 0) is 13.0 Å². The summed E-state index contributed by atoms with van der Waals surface area (Å²) in [5.74, 6) is 1.85. The van der Waals surface area contributed by atoms with Gasteiger partial charge in [0.05, 0.1) is 12.5 Å². The van der Waals surface area contributed by atoms with E-state index in [9.17, 15) is 0 Å². The van der Waals surface area contributed by atoms with Crippen molar-refractivity contribution in [2.45, 2.75) is 38.6 Å². The molecule has 0 saturated carbocycles. The summed E-state index contributed by atoms with van der Waals surface area (Å²) in [6.45, 7) is 3.67. The Hall–Kier alpha value is -1.20. The predicted octanol–water partition coefficient (Wildman–Crippen LogP) is 2.71. The second-order valence-electron chi connectivity index (χ2n) is 4.57. The van der Waals surface area contributed by atoms with Crippen molar-refractivity contribution in [1.29, 1.82) is 0 Å². The molecule has 1 N–H and O–H groups in total. The number of nitrogens with one attached hydrogen (secondary N) is 1. The van der Waals surface area contributed by atoms with E-state index in [0.29, 0.717) is 12.5 Å². The molecule has 0 spiro atoms. The standard InChI is InChI=1S/C13H17N3OS/c1-2-14-8-12-15-13(17-16-12)10-4-3-5-11-9(10)6-7-18-11/h6-7,10,14H,2-5,8H2,1H3. The minimum atomic E-state index is 0.308. The zero-order valence-corrected chi connectivity index (χ0v) is 11.3. The predicted molar refractivity (Wildman–Crippen MR) is 70.8 cm³/mol. The van der Waals surface area contributed by atoms with E-state index in [1.807, 2.05) is 11.3 Å². The second-order valence-corrected chi connectivity index (χ2v) is 5.57. The Morgan fingerprint density at radius 2 is 2.50 bits per heavy atom. The number of thiophene rings is 1. The lowest BCUT2D eigenvalue weighted by Crippen LogP contribution is -2.13. The Bertz CT molecular complexity index is 520. The van der Waals surface area contributed by atoms with Gasteiger partial charge >= 0.3 is 0 Å². The van der Waals surface area contributed by atoms with E-state index in [4.69, 9.17) is 4.52 Å². The highest BCUT2D eigenvalue weighted by Gasteiger charge is 2.27. The number of fused-ring (bicyclic) bond motifs is 1. The van der Waals surface area contributed by atoms with E-state index in [2.05, 4.69) is 33.8 Å². The van der Waals surface area contributed by atoms with Crippen LogP contribution in [0.1, 0.15) is 47.8 Å². The van der Waals surface area contributed by atoms with Gasteiger partial charge in [-0.1, -0.05) is 12.1 Å². The molecule has 0 aliphatic heterocycles. The van der Waals surface area contributed by atoms with Crippen molar-refractivity contribution in [3.05, 3.63) is 33.6 Å². The first-order valence-corrected chi connectivity index (χ1v) is 7.36. The van der Waals surface area contributed by atoms with E-state index < -0.39 is 0 Å². The van der Waals surface area contributed by atoms with Gasteiger partial charge in [-0.25, -0.2) is 0 Å². The molecule has 96 valence electrons. The van der Waals surface area contributed by atoms with Crippen LogP contribution in [0, 0.1) is 0 Å². The van der Waals surface area contributed by atoms with Crippen LogP contribution in [0.15, 0.2) is 16.0 Å². The average Bonchev–Trinajstić information content (AvgIpc) is 3.04. The molecule has 2 aromatic rings. The van der Waals surface area contributed by atoms with Gasteiger partial charge in [0, 0.05) is 4.88 Å². The maximum atomic E-state index is 5.43. The van der Waals surface area contributed by atoms with Gasteiger partial charge in [-0.3, -0.25) is 0 Å². The molecule has 4 nitrogen and oxygen atoms in total. The number of rotatable bonds is 4. The van der Waals surface area contributed by atoms with E-state index in [0.717, 1.165) is 24.7 Å². The van der Waals surface area contributed by atoms with Crippen LogP contribution >= 0.6 is 11.3 Å². The van der Waals surface area contributed by atoms with Crippen molar-refractivity contribution in [2.24, 2.45) is 0 Å². The summed E-state index contributed by atoms with van der Waals surface area (Å²) in [6.07, 6.45) is 3.53. The van der Waals surface area contributed by atoms with Crippen molar-refractivity contribution in [1.82, 2.24) is 15.5 Å². The van der Waals surface area contributed by atoms with E-state index in [1.54, 1.807) is 0 Å². The molecule has 0 amide bonds. The minimum absolute atomic E-state index is 0.308. The highest BCUT2D eigenvalue weighted by molar-refractivity contribution is 7.10. The molecule has 0 aromatic carbocycles. The van der Waals surface area contributed by atoms with Crippen molar-refractivity contribution >= 4 is 11.3 Å². The number of hydrogen-bond acceptors (Lipinski definition) is 5. The van der Waals surface area contributed by atoms with E-state index in [-0.39, 0.29) is 0 Å². The summed E-state index contributed by atoms with van der Waals surface area (Å²) in [5.41, 5.74) is 1.39. The van der Waals surface area contributed by atoms with Gasteiger partial charge in [0.15, 0.2) is 5.82 Å². The Labute approximate surface area is 110 Å². The highest BCUT2D eigenvalue weighted by atomic mass is 32.1. The van der Waals surface area contributed by atoms with Gasteiger partial charge in [-0.2, -0.15) is 4.98 Å². The Morgan fingerprint density at radius 1 is 1.56 bits per heavy atom. The van der Waals surface area contributed by atoms with Gasteiger partial charge in [-0.15, -0.1) is 11.3 Å². The maximum absolute atomic E-state index is 5.43. The van der Waals surface area contributed by atoms with Crippen molar-refractivity contribution in [3.8, 4) is 0 Å². The molecule has 1 atom stereocenters. The topological polar surface area (TPSA) is 51.0 Å². The van der Waals surface area contributed by atoms with Crippen molar-refractivity contribution in [3.63, 3.8) is 0 Å². The lowest BCUT2D eigenvalue weighted by atomic mass is 9.88. The van der Waals surface area contributed by atoms with Crippen LogP contribution in [0.3, 0.4) is 0 Å². The van der Waals surface area contributed by atoms with Gasteiger partial charge in [-0.05, 0) is 42.8 Å². The SMILES string of the molecule is CCNCc1noc(C2CCCc3sccc32)n1. The van der Waals surface area contributed by atoms with Crippen molar-refractivity contribution in [2.75, 3.05) is 6.54 Å². The van der Waals surface area contributed by atoms with Gasteiger partial charge in [0.25, 0.3) is 0 Å². The monoisotopic (exact) mass is 263 g/mol. The van der Waals surface area contributed by atoms with E-state index >= 15 is 0 Å². The average molecular weight is 263 g/mol. The van der Waals surface area contributed by atoms with Crippen LogP contribution in [0.2, 0.25) is 0 Å². The summed E-state index contributed by atoms with van der Waals surface area (Å²) in [6, 6.07) is 2.21. The zero-order chi connectivity index (χ0) is 12.4. The first kappa shape index (κ1) is 11.9. The Kier molecular flexibility index (Phi) is 3.43. The fraction of sp³-hybridized carbons (Fsp3) is 0.538. The molecule has 0 saturated heterocycles. The van der Waals surface area contributed by atoms with Gasteiger partial charge in [0.1, 0.15) is 0 Å². The largest absolute Gasteiger partial charge is 0.339 e. The molecule has 0 fully saturated rings. The Morgan fingerprint density at radius 3 is 3.39 bits per heavy atom. The summed E-state index contributed by atoms with van der Waals surface area (Å²) in [5, 5.41) is 9.42. The number of hydrogen-bond donors (Lipinski definition) is 1. The third-order valence-electron chi connectivity index (χ3n) is 3.37. The quantitative estimate of drug-likeness (QED) is 0.921. The van der Waals surface area contributed by atoms with E-state index in [1.165, 1.54) is 23.3 Å². The molecule has 0 bridgehead atoms. The molecule has 3 rings (SSSR count). The third-order valence-corrected chi connectivity index (χ3v) is 4.36.